The Morgan fingerprint density at radius 1 is 0.533 bits per heavy atom. The van der Waals surface area contributed by atoms with Crippen LogP contribution in [0.2, 0.25) is 0 Å². The van der Waals surface area contributed by atoms with Crippen molar-refractivity contribution in [3.63, 3.8) is 0 Å². The molecule has 3 heteroatoms. The lowest BCUT2D eigenvalue weighted by molar-refractivity contribution is -0.121. The molecule has 0 aliphatic heterocycles. The Hall–Kier alpha value is -0.570. The molecule has 0 unspecified atom stereocenters. The van der Waals surface area contributed by atoms with Gasteiger partial charge in [-0.3, -0.25) is 4.79 Å². The van der Waals surface area contributed by atoms with Gasteiger partial charge in [-0.1, -0.05) is 111 Å². The average Bonchev–Trinajstić information content (AvgIpc) is 2.75. The van der Waals surface area contributed by atoms with E-state index in [0.29, 0.717) is 6.42 Å². The molecule has 0 aromatic rings. The van der Waals surface area contributed by atoms with Crippen LogP contribution in [0.1, 0.15) is 143 Å². The first-order valence-corrected chi connectivity index (χ1v) is 13.7. The molecule has 0 radical (unpaired) electrons. The van der Waals surface area contributed by atoms with Crippen LogP contribution in [0.3, 0.4) is 0 Å². The van der Waals surface area contributed by atoms with Crippen LogP contribution in [-0.4, -0.2) is 37.0 Å². The van der Waals surface area contributed by atoms with Crippen LogP contribution in [0.25, 0.3) is 0 Å². The molecule has 1 N–H and O–H groups in total. The van der Waals surface area contributed by atoms with Gasteiger partial charge in [-0.2, -0.15) is 0 Å². The summed E-state index contributed by atoms with van der Waals surface area (Å²) in [5, 5.41) is 3.13. The SMILES string of the molecule is CCCCCCCCCCCCCCCC(=O)NCCCN(CCCC)CCCC. The zero-order valence-electron chi connectivity index (χ0n) is 21.1. The standard InChI is InChI=1S/C27H56N2O/c1-4-7-10-11-12-13-14-15-16-17-18-19-20-22-27(30)28-23-21-26-29(24-8-5-2)25-9-6-3/h4-26H2,1-3H3,(H,28,30). The molecular formula is C27H56N2O. The Labute approximate surface area is 190 Å². The number of carbonyl (C=O) groups excluding carboxylic acids is 1. The van der Waals surface area contributed by atoms with Gasteiger partial charge in [-0.25, -0.2) is 0 Å². The van der Waals surface area contributed by atoms with E-state index in [-0.39, 0.29) is 5.91 Å². The molecule has 1 amide bonds. The molecule has 0 atom stereocenters. The van der Waals surface area contributed by atoms with Crippen LogP contribution >= 0.6 is 0 Å². The van der Waals surface area contributed by atoms with E-state index in [1.165, 1.54) is 116 Å². The summed E-state index contributed by atoms with van der Waals surface area (Å²) in [4.78, 5) is 14.6. The minimum absolute atomic E-state index is 0.256. The smallest absolute Gasteiger partial charge is 0.219 e. The van der Waals surface area contributed by atoms with Crippen molar-refractivity contribution in [3.05, 3.63) is 0 Å². The summed E-state index contributed by atoms with van der Waals surface area (Å²) in [5.41, 5.74) is 0. The van der Waals surface area contributed by atoms with E-state index in [0.717, 1.165) is 25.9 Å². The van der Waals surface area contributed by atoms with Gasteiger partial charge in [0.05, 0.1) is 0 Å². The van der Waals surface area contributed by atoms with Gasteiger partial charge in [0.1, 0.15) is 0 Å². The number of unbranched alkanes of at least 4 members (excludes halogenated alkanes) is 14. The minimum Gasteiger partial charge on any atom is -0.356 e. The third-order valence-electron chi connectivity index (χ3n) is 6.14. The van der Waals surface area contributed by atoms with Crippen LogP contribution in [0.5, 0.6) is 0 Å². The lowest BCUT2D eigenvalue weighted by atomic mass is 10.0. The van der Waals surface area contributed by atoms with Gasteiger partial charge in [0.25, 0.3) is 0 Å². The van der Waals surface area contributed by atoms with Gasteiger partial charge in [-0.15, -0.1) is 0 Å². The molecule has 0 aromatic carbocycles. The highest BCUT2D eigenvalue weighted by Crippen LogP contribution is 2.13. The molecule has 0 bridgehead atoms. The van der Waals surface area contributed by atoms with Gasteiger partial charge in [0, 0.05) is 13.0 Å². The van der Waals surface area contributed by atoms with Gasteiger partial charge in [-0.05, 0) is 45.3 Å². The number of amides is 1. The predicted octanol–water partition coefficient (Wildman–Crippen LogP) is 7.88. The largest absolute Gasteiger partial charge is 0.356 e. The van der Waals surface area contributed by atoms with E-state index in [1.54, 1.807) is 0 Å². The first-order valence-electron chi connectivity index (χ1n) is 13.7. The molecule has 0 rings (SSSR count). The zero-order chi connectivity index (χ0) is 22.1. The molecule has 0 fully saturated rings. The summed E-state index contributed by atoms with van der Waals surface area (Å²) in [6.45, 7) is 11.2. The molecule has 30 heavy (non-hydrogen) atoms. The second kappa shape index (κ2) is 24.7. The Morgan fingerprint density at radius 3 is 1.40 bits per heavy atom. The quantitative estimate of drug-likeness (QED) is 0.160. The van der Waals surface area contributed by atoms with Crippen molar-refractivity contribution >= 4 is 5.91 Å². The Balaban J connectivity index is 3.40. The summed E-state index contributed by atoms with van der Waals surface area (Å²) in [5.74, 6) is 0.256. The summed E-state index contributed by atoms with van der Waals surface area (Å²) < 4.78 is 0. The minimum atomic E-state index is 0.256. The van der Waals surface area contributed by atoms with E-state index in [1.807, 2.05) is 0 Å². The van der Waals surface area contributed by atoms with Crippen molar-refractivity contribution in [3.8, 4) is 0 Å². The molecule has 0 saturated heterocycles. The fourth-order valence-corrected chi connectivity index (χ4v) is 4.02. The zero-order valence-corrected chi connectivity index (χ0v) is 21.1. The molecule has 0 aromatic heterocycles. The van der Waals surface area contributed by atoms with E-state index in [4.69, 9.17) is 0 Å². The predicted molar refractivity (Wildman–Crippen MR) is 134 cm³/mol. The van der Waals surface area contributed by atoms with Crippen LogP contribution in [0.4, 0.5) is 0 Å². The van der Waals surface area contributed by atoms with Crippen LogP contribution in [-0.2, 0) is 4.79 Å². The maximum atomic E-state index is 12.0. The van der Waals surface area contributed by atoms with Crippen molar-refractivity contribution in [2.24, 2.45) is 0 Å². The second-order valence-corrected chi connectivity index (χ2v) is 9.24. The van der Waals surface area contributed by atoms with Crippen LogP contribution in [0, 0.1) is 0 Å². The van der Waals surface area contributed by atoms with Gasteiger partial charge < -0.3 is 10.2 Å². The summed E-state index contributed by atoms with van der Waals surface area (Å²) in [6.07, 6.45) is 24.5. The maximum Gasteiger partial charge on any atom is 0.219 e. The normalized spacial score (nSPS) is 11.3. The topological polar surface area (TPSA) is 32.3 Å². The lowest BCUT2D eigenvalue weighted by Gasteiger charge is -2.21. The van der Waals surface area contributed by atoms with E-state index in [9.17, 15) is 4.79 Å². The number of carbonyl (C=O) groups is 1. The fourth-order valence-electron chi connectivity index (χ4n) is 4.02. The van der Waals surface area contributed by atoms with Gasteiger partial charge in [0.15, 0.2) is 0 Å². The van der Waals surface area contributed by atoms with Crippen molar-refractivity contribution in [1.82, 2.24) is 10.2 Å². The van der Waals surface area contributed by atoms with E-state index < -0.39 is 0 Å². The Morgan fingerprint density at radius 2 is 0.933 bits per heavy atom. The van der Waals surface area contributed by atoms with Gasteiger partial charge in [0.2, 0.25) is 5.91 Å². The molecular weight excluding hydrogens is 368 g/mol. The molecule has 3 nitrogen and oxygen atoms in total. The molecule has 0 heterocycles. The Kier molecular flexibility index (Phi) is 24.2. The number of rotatable bonds is 24. The number of hydrogen-bond acceptors (Lipinski definition) is 2. The van der Waals surface area contributed by atoms with E-state index >= 15 is 0 Å². The monoisotopic (exact) mass is 424 g/mol. The van der Waals surface area contributed by atoms with Crippen molar-refractivity contribution in [2.45, 2.75) is 143 Å². The third-order valence-corrected chi connectivity index (χ3v) is 6.14. The summed E-state index contributed by atoms with van der Waals surface area (Å²) in [6, 6.07) is 0. The van der Waals surface area contributed by atoms with Crippen molar-refractivity contribution in [1.29, 1.82) is 0 Å². The van der Waals surface area contributed by atoms with E-state index in [2.05, 4.69) is 31.0 Å². The third kappa shape index (κ3) is 22.1. The average molecular weight is 425 g/mol. The second-order valence-electron chi connectivity index (χ2n) is 9.24. The molecule has 0 saturated carbocycles. The first-order chi connectivity index (χ1) is 14.7. The van der Waals surface area contributed by atoms with Crippen LogP contribution < -0.4 is 5.32 Å². The number of nitrogens with one attached hydrogen (secondary N) is 1. The summed E-state index contributed by atoms with van der Waals surface area (Å²) in [7, 11) is 0. The number of hydrogen-bond donors (Lipinski definition) is 1. The Bertz CT molecular complexity index is 338. The molecule has 0 spiro atoms. The summed E-state index contributed by atoms with van der Waals surface area (Å²) >= 11 is 0. The number of nitrogens with zero attached hydrogens (tertiary/aromatic N) is 1. The lowest BCUT2D eigenvalue weighted by Crippen LogP contribution is -2.31. The van der Waals surface area contributed by atoms with Gasteiger partial charge >= 0.3 is 0 Å². The fraction of sp³-hybridized carbons (Fsp3) is 0.963. The van der Waals surface area contributed by atoms with Crippen LogP contribution in [0.15, 0.2) is 0 Å². The molecule has 0 aliphatic rings. The van der Waals surface area contributed by atoms with Crippen molar-refractivity contribution in [2.75, 3.05) is 26.2 Å². The maximum absolute atomic E-state index is 12.0. The highest BCUT2D eigenvalue weighted by Gasteiger charge is 2.05. The highest BCUT2D eigenvalue weighted by atomic mass is 16.1. The first kappa shape index (κ1) is 29.4. The molecule has 180 valence electrons. The van der Waals surface area contributed by atoms with Crippen molar-refractivity contribution < 1.29 is 4.79 Å². The molecule has 0 aliphatic carbocycles. The highest BCUT2D eigenvalue weighted by molar-refractivity contribution is 5.75.